The molecule has 1 unspecified atom stereocenters. The summed E-state index contributed by atoms with van der Waals surface area (Å²) in [5, 5.41) is 17.4. The molecule has 9 heteroatoms. The van der Waals surface area contributed by atoms with Gasteiger partial charge in [-0.05, 0) is 17.7 Å². The molecule has 19 heavy (non-hydrogen) atoms. The molecule has 0 spiro atoms. The number of rotatable bonds is 4. The third-order valence-electron chi connectivity index (χ3n) is 2.04. The molecule has 106 valence electrons. The van der Waals surface area contributed by atoms with Crippen LogP contribution in [-0.4, -0.2) is 28.5 Å². The number of hydrogen-bond donors (Lipinski definition) is 2. The minimum Gasteiger partial charge on any atom is -0.477 e. The number of benzene rings is 1. The van der Waals surface area contributed by atoms with Crippen LogP contribution in [0.4, 0.5) is 22.0 Å². The van der Waals surface area contributed by atoms with E-state index in [1.165, 1.54) is 0 Å². The molecule has 0 aromatic heterocycles. The summed E-state index contributed by atoms with van der Waals surface area (Å²) < 4.78 is 65.2. The summed E-state index contributed by atoms with van der Waals surface area (Å²) in [6.45, 7) is 0. The van der Waals surface area contributed by atoms with Crippen LogP contribution in [0.15, 0.2) is 24.3 Å². The van der Waals surface area contributed by atoms with Crippen LogP contribution in [0.5, 0.6) is 5.75 Å². The molecule has 0 aliphatic carbocycles. The fraction of sp³-hybridized carbons (Fsp3) is 0.300. The monoisotopic (exact) mass is 286 g/mol. The molecule has 0 heterocycles. The van der Waals surface area contributed by atoms with Crippen LogP contribution >= 0.6 is 0 Å². The van der Waals surface area contributed by atoms with E-state index in [-0.39, 0.29) is 0 Å². The second kappa shape index (κ2) is 5.00. The minimum atomic E-state index is -5.03. The number of halogens is 5. The van der Waals surface area contributed by atoms with Crippen molar-refractivity contribution < 1.29 is 41.7 Å². The van der Waals surface area contributed by atoms with Gasteiger partial charge in [-0.1, -0.05) is 12.1 Å². The van der Waals surface area contributed by atoms with Gasteiger partial charge in [-0.25, -0.2) is 4.79 Å². The highest BCUT2D eigenvalue weighted by atomic mass is 19.4. The zero-order chi connectivity index (χ0) is 14.8. The SMILES string of the molecule is O=C(O)C(F)(F)C(O)c1cccc(OC(F)(F)F)c1. The quantitative estimate of drug-likeness (QED) is 0.834. The Morgan fingerprint density at radius 2 is 1.79 bits per heavy atom. The lowest BCUT2D eigenvalue weighted by atomic mass is 10.0. The number of alkyl halides is 5. The highest BCUT2D eigenvalue weighted by molar-refractivity contribution is 5.76. The number of hydrogen-bond acceptors (Lipinski definition) is 3. The maximum absolute atomic E-state index is 13.0. The molecule has 0 saturated heterocycles. The van der Waals surface area contributed by atoms with Gasteiger partial charge in [-0.2, -0.15) is 8.78 Å². The first-order valence-corrected chi connectivity index (χ1v) is 4.69. The van der Waals surface area contributed by atoms with Gasteiger partial charge in [0.15, 0.2) is 6.10 Å². The van der Waals surface area contributed by atoms with Crippen molar-refractivity contribution in [2.45, 2.75) is 18.4 Å². The van der Waals surface area contributed by atoms with Crippen molar-refractivity contribution in [2.75, 3.05) is 0 Å². The lowest BCUT2D eigenvalue weighted by molar-refractivity contribution is -0.274. The molecule has 1 rings (SSSR count). The Kier molecular flexibility index (Phi) is 3.99. The highest BCUT2D eigenvalue weighted by Crippen LogP contribution is 2.33. The Balaban J connectivity index is 3.03. The van der Waals surface area contributed by atoms with Crippen LogP contribution in [0.2, 0.25) is 0 Å². The minimum absolute atomic E-state index is 0.481. The normalized spacial score (nSPS) is 14.0. The highest BCUT2D eigenvalue weighted by Gasteiger charge is 2.47. The number of aliphatic carboxylic acids is 1. The van der Waals surface area contributed by atoms with Gasteiger partial charge in [0, 0.05) is 0 Å². The van der Waals surface area contributed by atoms with Crippen LogP contribution in [0, 0.1) is 0 Å². The maximum Gasteiger partial charge on any atom is 0.573 e. The maximum atomic E-state index is 13.0. The average Bonchev–Trinajstić information content (AvgIpc) is 2.25. The molecule has 4 nitrogen and oxygen atoms in total. The number of carboxylic acids is 1. The third kappa shape index (κ3) is 3.78. The van der Waals surface area contributed by atoms with Crippen molar-refractivity contribution in [3.63, 3.8) is 0 Å². The summed E-state index contributed by atoms with van der Waals surface area (Å²) in [5.74, 6) is -7.97. The molecule has 1 aromatic carbocycles. The standard InChI is InChI=1S/C10H7F5O4/c11-9(12,8(17)18)7(16)5-2-1-3-6(4-5)19-10(13,14)15/h1-4,7,16H,(H,17,18). The van der Waals surface area contributed by atoms with E-state index < -0.39 is 35.7 Å². The molecule has 0 aliphatic rings. The van der Waals surface area contributed by atoms with Crippen LogP contribution in [0.1, 0.15) is 11.7 Å². The van der Waals surface area contributed by atoms with Gasteiger partial charge in [0.2, 0.25) is 0 Å². The van der Waals surface area contributed by atoms with E-state index in [2.05, 4.69) is 4.74 Å². The van der Waals surface area contributed by atoms with Crippen molar-refractivity contribution in [3.8, 4) is 5.75 Å². The van der Waals surface area contributed by atoms with E-state index in [4.69, 9.17) is 5.11 Å². The van der Waals surface area contributed by atoms with E-state index in [1.807, 2.05) is 0 Å². The average molecular weight is 286 g/mol. The Hall–Kier alpha value is -1.90. The van der Waals surface area contributed by atoms with Gasteiger partial charge in [0.1, 0.15) is 5.75 Å². The molecule has 0 saturated carbocycles. The van der Waals surface area contributed by atoms with Crippen LogP contribution < -0.4 is 4.74 Å². The van der Waals surface area contributed by atoms with Crippen LogP contribution in [0.25, 0.3) is 0 Å². The van der Waals surface area contributed by atoms with Crippen LogP contribution in [-0.2, 0) is 4.79 Å². The Morgan fingerprint density at radius 3 is 2.26 bits per heavy atom. The predicted octanol–water partition coefficient (Wildman–Crippen LogP) is 2.34. The fourth-order valence-electron chi connectivity index (χ4n) is 1.21. The molecule has 0 amide bonds. The van der Waals surface area contributed by atoms with Gasteiger partial charge in [-0.3, -0.25) is 0 Å². The first kappa shape index (κ1) is 15.2. The number of aliphatic hydroxyl groups excluding tert-OH is 1. The van der Waals surface area contributed by atoms with E-state index in [0.717, 1.165) is 18.2 Å². The Bertz CT molecular complexity index is 471. The van der Waals surface area contributed by atoms with E-state index in [9.17, 15) is 31.9 Å². The molecular weight excluding hydrogens is 279 g/mol. The summed E-state index contributed by atoms with van der Waals surface area (Å²) in [6, 6.07) is 3.07. The summed E-state index contributed by atoms with van der Waals surface area (Å²) in [5.41, 5.74) is -0.714. The molecule has 1 atom stereocenters. The summed E-state index contributed by atoms with van der Waals surface area (Å²) in [4.78, 5) is 10.2. The van der Waals surface area contributed by atoms with Gasteiger partial charge >= 0.3 is 18.3 Å². The molecule has 0 fully saturated rings. The number of carbonyl (C=O) groups is 1. The zero-order valence-corrected chi connectivity index (χ0v) is 8.99. The van der Waals surface area contributed by atoms with E-state index in [0.29, 0.717) is 6.07 Å². The lowest BCUT2D eigenvalue weighted by Crippen LogP contribution is -2.35. The predicted molar refractivity (Wildman–Crippen MR) is 50.7 cm³/mol. The van der Waals surface area contributed by atoms with Crippen molar-refractivity contribution in [1.29, 1.82) is 0 Å². The molecule has 0 bridgehead atoms. The lowest BCUT2D eigenvalue weighted by Gasteiger charge is -2.19. The zero-order valence-electron chi connectivity index (χ0n) is 8.99. The second-order valence-electron chi connectivity index (χ2n) is 3.45. The number of ether oxygens (including phenoxy) is 1. The smallest absolute Gasteiger partial charge is 0.477 e. The van der Waals surface area contributed by atoms with Crippen molar-refractivity contribution >= 4 is 5.97 Å². The van der Waals surface area contributed by atoms with Gasteiger partial charge in [0.25, 0.3) is 0 Å². The van der Waals surface area contributed by atoms with Crippen molar-refractivity contribution in [1.82, 2.24) is 0 Å². The molecule has 1 aromatic rings. The molecule has 0 aliphatic heterocycles. The number of carboxylic acid groups (broad SMARTS) is 1. The first-order valence-electron chi connectivity index (χ1n) is 4.69. The summed E-state index contributed by atoms with van der Waals surface area (Å²) >= 11 is 0. The van der Waals surface area contributed by atoms with Gasteiger partial charge < -0.3 is 14.9 Å². The second-order valence-corrected chi connectivity index (χ2v) is 3.45. The molecular formula is C10H7F5O4. The molecule has 0 radical (unpaired) electrons. The van der Waals surface area contributed by atoms with Crippen molar-refractivity contribution in [3.05, 3.63) is 29.8 Å². The van der Waals surface area contributed by atoms with E-state index in [1.54, 1.807) is 0 Å². The molecule has 2 N–H and O–H groups in total. The largest absolute Gasteiger partial charge is 0.573 e. The van der Waals surface area contributed by atoms with Crippen LogP contribution in [0.3, 0.4) is 0 Å². The van der Waals surface area contributed by atoms with Gasteiger partial charge in [0.05, 0.1) is 0 Å². The Morgan fingerprint density at radius 1 is 1.21 bits per heavy atom. The number of aliphatic hydroxyl groups is 1. The first-order chi connectivity index (χ1) is 8.54. The van der Waals surface area contributed by atoms with Crippen molar-refractivity contribution in [2.24, 2.45) is 0 Å². The Labute approximate surface area is 103 Å². The van der Waals surface area contributed by atoms with E-state index >= 15 is 0 Å². The van der Waals surface area contributed by atoms with Gasteiger partial charge in [-0.15, -0.1) is 13.2 Å². The topological polar surface area (TPSA) is 66.8 Å². The fourth-order valence-corrected chi connectivity index (χ4v) is 1.21. The summed E-state index contributed by atoms with van der Waals surface area (Å²) in [7, 11) is 0. The third-order valence-corrected chi connectivity index (χ3v) is 2.04. The summed E-state index contributed by atoms with van der Waals surface area (Å²) in [6.07, 6.45) is -7.82.